The summed E-state index contributed by atoms with van der Waals surface area (Å²) in [6, 6.07) is 12.2. The number of carbonyl (C=O) groups is 2. The van der Waals surface area contributed by atoms with Crippen LogP contribution in [0.1, 0.15) is 37.4 Å². The zero-order valence-electron chi connectivity index (χ0n) is 15.3. The second-order valence-electron chi connectivity index (χ2n) is 7.04. The third kappa shape index (κ3) is 2.37. The van der Waals surface area contributed by atoms with Crippen LogP contribution in [-0.2, 0) is 10.3 Å². The molecule has 0 atom stereocenters. The maximum atomic E-state index is 13.0. The van der Waals surface area contributed by atoms with Crippen molar-refractivity contribution in [3.8, 4) is 23.0 Å². The van der Waals surface area contributed by atoms with Crippen molar-refractivity contribution in [3.05, 3.63) is 76.3 Å². The lowest BCUT2D eigenvalue weighted by Crippen LogP contribution is -2.33. The standard InChI is InChI=1S/C22H14INO6/c23-9-16(27)12-3-6-15-19(20(12)24)21(28)30-22(15)13-4-1-10(25)7-17(13)29-18-8-11(26)2-5-14(18)22/h1-8,25-26H,9,24H2. The first kappa shape index (κ1) is 18.7. The number of ether oxygens (including phenoxy) is 2. The second kappa shape index (κ2) is 6.36. The van der Waals surface area contributed by atoms with Gasteiger partial charge in [-0.15, -0.1) is 0 Å². The summed E-state index contributed by atoms with van der Waals surface area (Å²) in [6.45, 7) is 0. The van der Waals surface area contributed by atoms with Crippen molar-refractivity contribution in [1.29, 1.82) is 0 Å². The number of phenols is 2. The number of Topliss-reactive ketones (excluding diaryl/α,β-unsaturated/α-hetero) is 1. The Morgan fingerprint density at radius 2 is 1.53 bits per heavy atom. The summed E-state index contributed by atoms with van der Waals surface area (Å²) in [6.07, 6.45) is 0. The SMILES string of the molecule is Nc1c(C(=O)CI)ccc2c1C(=O)OC21c2ccc(O)cc2Oc2cc(O)ccc21. The van der Waals surface area contributed by atoms with Crippen LogP contribution in [0.5, 0.6) is 23.0 Å². The molecule has 4 N–H and O–H groups in total. The molecule has 2 aliphatic rings. The predicted molar refractivity (Wildman–Crippen MR) is 116 cm³/mol. The molecule has 0 unspecified atom stereocenters. The van der Waals surface area contributed by atoms with Crippen molar-refractivity contribution in [2.24, 2.45) is 0 Å². The number of phenolic OH excluding ortho intramolecular Hbond substituents is 2. The maximum Gasteiger partial charge on any atom is 0.342 e. The molecule has 150 valence electrons. The molecular weight excluding hydrogens is 501 g/mol. The normalized spacial score (nSPS) is 15.0. The number of hydrogen-bond donors (Lipinski definition) is 3. The molecule has 0 fully saturated rings. The minimum Gasteiger partial charge on any atom is -0.508 e. The van der Waals surface area contributed by atoms with Crippen molar-refractivity contribution in [2.45, 2.75) is 5.60 Å². The highest BCUT2D eigenvalue weighted by molar-refractivity contribution is 14.1. The number of esters is 1. The summed E-state index contributed by atoms with van der Waals surface area (Å²) in [5, 5.41) is 19.9. The van der Waals surface area contributed by atoms with Gasteiger partial charge >= 0.3 is 5.97 Å². The van der Waals surface area contributed by atoms with Gasteiger partial charge in [-0.3, -0.25) is 4.79 Å². The van der Waals surface area contributed by atoms with Gasteiger partial charge in [-0.25, -0.2) is 4.79 Å². The first-order valence-corrected chi connectivity index (χ1v) is 10.5. The van der Waals surface area contributed by atoms with Crippen molar-refractivity contribution >= 4 is 40.0 Å². The highest BCUT2D eigenvalue weighted by Gasteiger charge is 2.54. The summed E-state index contributed by atoms with van der Waals surface area (Å²) in [4.78, 5) is 25.3. The molecule has 1 spiro atoms. The fraction of sp³-hybridized carbons (Fsp3) is 0.0909. The number of hydrogen-bond acceptors (Lipinski definition) is 7. The van der Waals surface area contributed by atoms with Gasteiger partial charge in [-0.1, -0.05) is 28.7 Å². The van der Waals surface area contributed by atoms with Crippen LogP contribution in [0, 0.1) is 0 Å². The molecule has 7 nitrogen and oxygen atoms in total. The van der Waals surface area contributed by atoms with Crippen LogP contribution in [0.15, 0.2) is 48.5 Å². The number of fused-ring (bicyclic) bond motifs is 6. The minimum atomic E-state index is -1.39. The number of carbonyl (C=O) groups excluding carboxylic acids is 2. The summed E-state index contributed by atoms with van der Waals surface area (Å²) in [5.41, 5.74) is 6.78. The van der Waals surface area contributed by atoms with E-state index in [1.54, 1.807) is 24.3 Å². The molecule has 8 heteroatoms. The molecule has 0 saturated carbocycles. The van der Waals surface area contributed by atoms with E-state index in [0.717, 1.165) is 0 Å². The van der Waals surface area contributed by atoms with E-state index < -0.39 is 11.6 Å². The van der Waals surface area contributed by atoms with E-state index in [9.17, 15) is 19.8 Å². The molecule has 0 radical (unpaired) electrons. The molecule has 0 aliphatic carbocycles. The Balaban J connectivity index is 1.87. The van der Waals surface area contributed by atoms with Crippen molar-refractivity contribution in [3.63, 3.8) is 0 Å². The van der Waals surface area contributed by atoms with Gasteiger partial charge in [0, 0.05) is 34.4 Å². The molecular formula is C22H14INO6. The lowest BCUT2D eigenvalue weighted by atomic mass is 9.77. The van der Waals surface area contributed by atoms with Gasteiger partial charge in [0.05, 0.1) is 15.7 Å². The quantitative estimate of drug-likeness (QED) is 0.156. The Labute approximate surface area is 184 Å². The van der Waals surface area contributed by atoms with Gasteiger partial charge in [0.15, 0.2) is 11.4 Å². The highest BCUT2D eigenvalue weighted by atomic mass is 127. The molecule has 2 aliphatic heterocycles. The number of benzene rings is 3. The van der Waals surface area contributed by atoms with E-state index >= 15 is 0 Å². The number of nitrogens with two attached hydrogens (primary N) is 1. The minimum absolute atomic E-state index is 0.0282. The number of halogens is 1. The molecule has 3 aromatic rings. The summed E-state index contributed by atoms with van der Waals surface area (Å²) < 4.78 is 12.1. The Bertz CT molecular complexity index is 1220. The highest BCUT2D eigenvalue weighted by Crippen LogP contribution is 2.57. The van der Waals surface area contributed by atoms with E-state index in [4.69, 9.17) is 15.2 Å². The molecule has 2 heterocycles. The predicted octanol–water partition coefficient (Wildman–Crippen LogP) is 3.87. The Morgan fingerprint density at radius 1 is 0.967 bits per heavy atom. The topological polar surface area (TPSA) is 119 Å². The van der Waals surface area contributed by atoms with Gasteiger partial charge < -0.3 is 25.4 Å². The van der Waals surface area contributed by atoms with Crippen LogP contribution >= 0.6 is 22.6 Å². The largest absolute Gasteiger partial charge is 0.508 e. The third-order valence-electron chi connectivity index (χ3n) is 5.41. The van der Waals surface area contributed by atoms with Gasteiger partial charge in [0.1, 0.15) is 23.0 Å². The van der Waals surface area contributed by atoms with Crippen LogP contribution < -0.4 is 10.5 Å². The summed E-state index contributed by atoms with van der Waals surface area (Å²) in [5.74, 6) is -0.351. The molecule has 0 aromatic heterocycles. The van der Waals surface area contributed by atoms with Gasteiger partial charge in [-0.2, -0.15) is 0 Å². The number of anilines is 1. The maximum absolute atomic E-state index is 13.0. The van der Waals surface area contributed by atoms with Crippen LogP contribution in [0.3, 0.4) is 0 Å². The lowest BCUT2D eigenvalue weighted by Gasteiger charge is -2.36. The number of rotatable bonds is 2. The van der Waals surface area contributed by atoms with Crippen molar-refractivity contribution in [1.82, 2.24) is 0 Å². The summed E-state index contributed by atoms with van der Waals surface area (Å²) in [7, 11) is 0. The van der Waals surface area contributed by atoms with E-state index in [2.05, 4.69) is 0 Å². The Kier molecular flexibility index (Phi) is 3.97. The van der Waals surface area contributed by atoms with E-state index in [1.807, 2.05) is 22.6 Å². The van der Waals surface area contributed by atoms with Gasteiger partial charge in [0.25, 0.3) is 0 Å². The smallest absolute Gasteiger partial charge is 0.342 e. The molecule has 3 aromatic carbocycles. The number of nitrogen functional groups attached to an aromatic ring is 1. The fourth-order valence-electron chi connectivity index (χ4n) is 4.13. The average Bonchev–Trinajstić information content (AvgIpc) is 3.01. The molecule has 0 bridgehead atoms. The number of aromatic hydroxyl groups is 2. The summed E-state index contributed by atoms with van der Waals surface area (Å²) >= 11 is 1.95. The fourth-order valence-corrected chi connectivity index (χ4v) is 4.54. The van der Waals surface area contributed by atoms with E-state index in [0.29, 0.717) is 16.7 Å². The lowest BCUT2D eigenvalue weighted by molar-refractivity contribution is 0.0224. The van der Waals surface area contributed by atoms with E-state index in [1.165, 1.54) is 24.3 Å². The number of ketones is 1. The van der Waals surface area contributed by atoms with Crippen LogP contribution in [0.2, 0.25) is 0 Å². The average molecular weight is 515 g/mol. The van der Waals surface area contributed by atoms with Gasteiger partial charge in [0.2, 0.25) is 0 Å². The van der Waals surface area contributed by atoms with Crippen LogP contribution in [0.4, 0.5) is 5.69 Å². The van der Waals surface area contributed by atoms with Crippen LogP contribution in [0.25, 0.3) is 0 Å². The third-order valence-corrected chi connectivity index (χ3v) is 6.10. The molecule has 30 heavy (non-hydrogen) atoms. The zero-order valence-corrected chi connectivity index (χ0v) is 17.5. The van der Waals surface area contributed by atoms with Crippen molar-refractivity contribution in [2.75, 3.05) is 10.2 Å². The molecule has 0 saturated heterocycles. The molecule has 0 amide bonds. The monoisotopic (exact) mass is 515 g/mol. The zero-order chi connectivity index (χ0) is 21.2. The second-order valence-corrected chi connectivity index (χ2v) is 7.80. The first-order chi connectivity index (χ1) is 14.4. The first-order valence-electron chi connectivity index (χ1n) is 8.97. The van der Waals surface area contributed by atoms with E-state index in [-0.39, 0.29) is 50.0 Å². The van der Waals surface area contributed by atoms with Gasteiger partial charge in [-0.05, 0) is 30.3 Å². The van der Waals surface area contributed by atoms with Crippen molar-refractivity contribution < 1.29 is 29.3 Å². The number of alkyl halides is 1. The molecule has 5 rings (SSSR count). The Morgan fingerprint density at radius 3 is 2.10 bits per heavy atom. The Hall–Kier alpha value is -3.27. The van der Waals surface area contributed by atoms with Crippen LogP contribution in [-0.4, -0.2) is 26.4 Å².